The number of nitrogens with zero attached hydrogens (tertiary/aromatic N) is 1. The van der Waals surface area contributed by atoms with Gasteiger partial charge in [-0.05, 0) is 23.8 Å². The van der Waals surface area contributed by atoms with E-state index in [2.05, 4.69) is 4.98 Å². The first-order valence-electron chi connectivity index (χ1n) is 5.60. The average Bonchev–Trinajstić information content (AvgIpc) is 2.32. The number of ketones is 1. The Kier molecular flexibility index (Phi) is 3.67. The molecule has 0 saturated carbocycles. The van der Waals surface area contributed by atoms with Crippen molar-refractivity contribution in [1.82, 2.24) is 4.98 Å². The van der Waals surface area contributed by atoms with Crippen LogP contribution in [0.1, 0.15) is 11.1 Å². The molecule has 1 heterocycles. The van der Waals surface area contributed by atoms with E-state index < -0.39 is 0 Å². The molecule has 0 saturated heterocycles. The quantitative estimate of drug-likeness (QED) is 0.896. The monoisotopic (exact) mass is 244 g/mol. The lowest BCUT2D eigenvalue weighted by atomic mass is 10.0. The first kappa shape index (κ1) is 12.2. The maximum atomic E-state index is 13.0. The van der Waals surface area contributed by atoms with Crippen molar-refractivity contribution in [1.29, 1.82) is 0 Å². The lowest BCUT2D eigenvalue weighted by Crippen LogP contribution is -2.09. The molecule has 0 spiro atoms. The van der Waals surface area contributed by atoms with E-state index in [9.17, 15) is 9.18 Å². The third kappa shape index (κ3) is 3.13. The fourth-order valence-corrected chi connectivity index (χ4v) is 1.75. The number of carbonyl (C=O) groups excluding carboxylic acids is 1. The summed E-state index contributed by atoms with van der Waals surface area (Å²) in [6, 6.07) is 9.55. The second kappa shape index (κ2) is 5.40. The first-order valence-corrected chi connectivity index (χ1v) is 5.60. The molecular weight excluding hydrogens is 231 g/mol. The van der Waals surface area contributed by atoms with Crippen molar-refractivity contribution in [2.75, 3.05) is 5.73 Å². The van der Waals surface area contributed by atoms with Crippen LogP contribution in [0.15, 0.2) is 42.6 Å². The van der Waals surface area contributed by atoms with Gasteiger partial charge in [-0.25, -0.2) is 9.37 Å². The maximum Gasteiger partial charge on any atom is 0.141 e. The van der Waals surface area contributed by atoms with E-state index >= 15 is 0 Å². The van der Waals surface area contributed by atoms with Gasteiger partial charge in [0, 0.05) is 24.6 Å². The molecule has 2 aromatic rings. The Morgan fingerprint density at radius 3 is 2.78 bits per heavy atom. The standard InChI is InChI=1S/C14H13FN2O/c15-12-5-1-3-10(7-12)8-13(18)9-11-4-2-6-17-14(11)16/h1-7H,8-9H2,(H2,16,17). The van der Waals surface area contributed by atoms with Crippen LogP contribution in [0.3, 0.4) is 0 Å². The first-order chi connectivity index (χ1) is 8.65. The third-order valence-corrected chi connectivity index (χ3v) is 2.60. The summed E-state index contributed by atoms with van der Waals surface area (Å²) in [5.74, 6) is 0.0200. The van der Waals surface area contributed by atoms with Gasteiger partial charge in [-0.3, -0.25) is 4.79 Å². The second-order valence-corrected chi connectivity index (χ2v) is 4.07. The molecule has 0 aliphatic rings. The highest BCUT2D eigenvalue weighted by Gasteiger charge is 2.08. The van der Waals surface area contributed by atoms with Gasteiger partial charge in [0.2, 0.25) is 0 Å². The fourth-order valence-electron chi connectivity index (χ4n) is 1.75. The summed E-state index contributed by atoms with van der Waals surface area (Å²) in [5, 5.41) is 0. The van der Waals surface area contributed by atoms with E-state index in [0.717, 1.165) is 0 Å². The highest BCUT2D eigenvalue weighted by atomic mass is 19.1. The number of hydrogen-bond donors (Lipinski definition) is 1. The summed E-state index contributed by atoms with van der Waals surface area (Å²) >= 11 is 0. The van der Waals surface area contributed by atoms with E-state index in [1.165, 1.54) is 12.1 Å². The summed E-state index contributed by atoms with van der Waals surface area (Å²) in [7, 11) is 0. The summed E-state index contributed by atoms with van der Waals surface area (Å²) in [4.78, 5) is 15.8. The Morgan fingerprint density at radius 1 is 1.22 bits per heavy atom. The van der Waals surface area contributed by atoms with Crippen LogP contribution in [-0.2, 0) is 17.6 Å². The summed E-state index contributed by atoms with van der Waals surface area (Å²) in [6.45, 7) is 0. The molecule has 0 atom stereocenters. The van der Waals surface area contributed by atoms with E-state index in [1.807, 2.05) is 0 Å². The van der Waals surface area contributed by atoms with Gasteiger partial charge in [0.25, 0.3) is 0 Å². The van der Waals surface area contributed by atoms with Crippen LogP contribution in [0.4, 0.5) is 10.2 Å². The van der Waals surface area contributed by atoms with Crippen LogP contribution < -0.4 is 5.73 Å². The normalized spacial score (nSPS) is 10.3. The van der Waals surface area contributed by atoms with Crippen molar-refractivity contribution in [3.05, 3.63) is 59.5 Å². The molecule has 2 rings (SSSR count). The number of nitrogens with two attached hydrogens (primary N) is 1. The van der Waals surface area contributed by atoms with Crippen molar-refractivity contribution in [2.45, 2.75) is 12.8 Å². The van der Waals surface area contributed by atoms with Crippen LogP contribution >= 0.6 is 0 Å². The number of halogens is 1. The smallest absolute Gasteiger partial charge is 0.141 e. The minimum absolute atomic E-state index is 0.0136. The zero-order valence-corrected chi connectivity index (χ0v) is 9.77. The number of aromatic nitrogens is 1. The molecule has 1 aromatic heterocycles. The highest BCUT2D eigenvalue weighted by Crippen LogP contribution is 2.11. The SMILES string of the molecule is Nc1ncccc1CC(=O)Cc1cccc(F)c1. The predicted molar refractivity (Wildman–Crippen MR) is 67.5 cm³/mol. The van der Waals surface area contributed by atoms with Crippen molar-refractivity contribution in [2.24, 2.45) is 0 Å². The lowest BCUT2D eigenvalue weighted by Gasteiger charge is -2.04. The summed E-state index contributed by atoms with van der Waals surface area (Å²) < 4.78 is 13.0. The molecule has 0 aliphatic carbocycles. The molecule has 0 amide bonds. The molecule has 92 valence electrons. The molecule has 3 nitrogen and oxygen atoms in total. The molecule has 0 aliphatic heterocycles. The fraction of sp³-hybridized carbons (Fsp3) is 0.143. The number of Topliss-reactive ketones (excluding diaryl/α,β-unsaturated/α-hetero) is 1. The Morgan fingerprint density at radius 2 is 2.06 bits per heavy atom. The van der Waals surface area contributed by atoms with Gasteiger partial charge in [-0.1, -0.05) is 18.2 Å². The maximum absolute atomic E-state index is 13.0. The molecule has 0 unspecified atom stereocenters. The summed E-state index contributed by atoms with van der Waals surface area (Å²) in [5.41, 5.74) is 7.04. The Balaban J connectivity index is 2.03. The number of benzene rings is 1. The van der Waals surface area contributed by atoms with Gasteiger partial charge < -0.3 is 5.73 Å². The van der Waals surface area contributed by atoms with Gasteiger partial charge in [0.1, 0.15) is 17.4 Å². The van der Waals surface area contributed by atoms with Crippen LogP contribution in [-0.4, -0.2) is 10.8 Å². The topological polar surface area (TPSA) is 56.0 Å². The third-order valence-electron chi connectivity index (χ3n) is 2.60. The van der Waals surface area contributed by atoms with Crippen molar-refractivity contribution >= 4 is 11.6 Å². The molecule has 18 heavy (non-hydrogen) atoms. The molecule has 2 N–H and O–H groups in total. The van der Waals surface area contributed by atoms with Crippen molar-refractivity contribution < 1.29 is 9.18 Å². The predicted octanol–water partition coefficient (Wildman–Crippen LogP) is 2.16. The molecule has 0 radical (unpaired) electrons. The van der Waals surface area contributed by atoms with E-state index in [0.29, 0.717) is 16.9 Å². The Hall–Kier alpha value is -2.23. The van der Waals surface area contributed by atoms with Gasteiger partial charge in [0.15, 0.2) is 0 Å². The minimum Gasteiger partial charge on any atom is -0.383 e. The van der Waals surface area contributed by atoms with E-state index in [-0.39, 0.29) is 24.4 Å². The number of rotatable bonds is 4. The molecule has 4 heteroatoms. The van der Waals surface area contributed by atoms with Crippen LogP contribution in [0.2, 0.25) is 0 Å². The molecule has 1 aromatic carbocycles. The zero-order valence-electron chi connectivity index (χ0n) is 9.77. The van der Waals surface area contributed by atoms with E-state index in [4.69, 9.17) is 5.73 Å². The van der Waals surface area contributed by atoms with Gasteiger partial charge in [0.05, 0.1) is 0 Å². The van der Waals surface area contributed by atoms with Crippen molar-refractivity contribution in [3.63, 3.8) is 0 Å². The lowest BCUT2D eigenvalue weighted by molar-refractivity contribution is -0.117. The zero-order chi connectivity index (χ0) is 13.0. The highest BCUT2D eigenvalue weighted by molar-refractivity contribution is 5.84. The number of anilines is 1. The second-order valence-electron chi connectivity index (χ2n) is 4.07. The number of hydrogen-bond acceptors (Lipinski definition) is 3. The Labute approximate surface area is 104 Å². The average molecular weight is 244 g/mol. The van der Waals surface area contributed by atoms with Gasteiger partial charge in [-0.2, -0.15) is 0 Å². The van der Waals surface area contributed by atoms with Crippen LogP contribution in [0.5, 0.6) is 0 Å². The van der Waals surface area contributed by atoms with Crippen LogP contribution in [0, 0.1) is 5.82 Å². The minimum atomic E-state index is -0.332. The van der Waals surface area contributed by atoms with Gasteiger partial charge in [-0.15, -0.1) is 0 Å². The summed E-state index contributed by atoms with van der Waals surface area (Å²) in [6.07, 6.45) is 2.00. The van der Waals surface area contributed by atoms with Crippen LogP contribution in [0.25, 0.3) is 0 Å². The number of carbonyl (C=O) groups is 1. The van der Waals surface area contributed by atoms with Crippen molar-refractivity contribution in [3.8, 4) is 0 Å². The van der Waals surface area contributed by atoms with E-state index in [1.54, 1.807) is 30.5 Å². The molecule has 0 bridgehead atoms. The number of nitrogen functional groups attached to an aromatic ring is 1. The van der Waals surface area contributed by atoms with Gasteiger partial charge >= 0.3 is 0 Å². The molecular formula is C14H13FN2O. The Bertz CT molecular complexity index is 569. The molecule has 0 fully saturated rings. The number of pyridine rings is 1. The largest absolute Gasteiger partial charge is 0.383 e.